The summed E-state index contributed by atoms with van der Waals surface area (Å²) in [6, 6.07) is 3.11. The van der Waals surface area contributed by atoms with Crippen molar-refractivity contribution in [2.75, 3.05) is 13.6 Å². The Bertz CT molecular complexity index is 685. The third-order valence-corrected chi connectivity index (χ3v) is 5.91. The van der Waals surface area contributed by atoms with Gasteiger partial charge >= 0.3 is 5.65 Å². The van der Waals surface area contributed by atoms with Gasteiger partial charge in [-0.15, -0.1) is 4.98 Å². The average molecular weight is 285 g/mol. The number of pyridine rings is 1. The molecular formula is C17H25N4+. The van der Waals surface area contributed by atoms with Crippen LogP contribution in [0.5, 0.6) is 0 Å². The predicted octanol–water partition coefficient (Wildman–Crippen LogP) is 1.91. The van der Waals surface area contributed by atoms with E-state index in [0.717, 1.165) is 5.65 Å². The van der Waals surface area contributed by atoms with Crippen molar-refractivity contribution < 1.29 is 4.57 Å². The minimum Gasteiger partial charge on any atom is -0.302 e. The van der Waals surface area contributed by atoms with Crippen LogP contribution in [0, 0.1) is 0 Å². The second-order valence-electron chi connectivity index (χ2n) is 7.05. The molecule has 2 aromatic rings. The van der Waals surface area contributed by atoms with Crippen molar-refractivity contribution in [3.63, 3.8) is 0 Å². The van der Waals surface area contributed by atoms with Crippen molar-refractivity contribution in [2.45, 2.75) is 43.6 Å². The number of likely N-dealkylation sites (tertiary alicyclic amines) is 1. The maximum Gasteiger partial charge on any atom is 0.301 e. The van der Waals surface area contributed by atoms with Crippen LogP contribution in [0.2, 0.25) is 0 Å². The zero-order valence-electron chi connectivity index (χ0n) is 13.3. The number of hydrogen-bond donors (Lipinski definition) is 0. The van der Waals surface area contributed by atoms with Gasteiger partial charge in [0.05, 0.1) is 14.1 Å². The second-order valence-corrected chi connectivity index (χ2v) is 7.05. The van der Waals surface area contributed by atoms with E-state index in [1.807, 2.05) is 0 Å². The number of hydrogen-bond acceptors (Lipinski definition) is 2. The summed E-state index contributed by atoms with van der Waals surface area (Å²) in [6.45, 7) is 1.23. The predicted molar refractivity (Wildman–Crippen MR) is 83.1 cm³/mol. The number of nitrogens with zero attached hydrogens (tertiary/aromatic N) is 4. The average Bonchev–Trinajstić information content (AvgIpc) is 2.99. The van der Waals surface area contributed by atoms with E-state index in [-0.39, 0.29) is 0 Å². The Morgan fingerprint density at radius 3 is 3.00 bits per heavy atom. The fourth-order valence-electron chi connectivity index (χ4n) is 4.79. The zero-order chi connectivity index (χ0) is 14.6. The van der Waals surface area contributed by atoms with Crippen molar-refractivity contribution in [2.24, 2.45) is 14.1 Å². The summed E-state index contributed by atoms with van der Waals surface area (Å²) in [6.07, 6.45) is 11.0. The molecule has 112 valence electrons. The van der Waals surface area contributed by atoms with Gasteiger partial charge in [0.15, 0.2) is 11.8 Å². The molecule has 0 spiro atoms. The fourth-order valence-corrected chi connectivity index (χ4v) is 4.79. The zero-order valence-corrected chi connectivity index (χ0v) is 13.3. The molecule has 0 amide bonds. The molecular weight excluding hydrogens is 260 g/mol. The highest BCUT2D eigenvalue weighted by molar-refractivity contribution is 5.68. The summed E-state index contributed by atoms with van der Waals surface area (Å²) < 4.78 is 4.30. The molecule has 21 heavy (non-hydrogen) atoms. The molecule has 1 aliphatic heterocycles. The van der Waals surface area contributed by atoms with Gasteiger partial charge in [-0.25, -0.2) is 4.57 Å². The molecule has 1 aliphatic carbocycles. The smallest absolute Gasteiger partial charge is 0.301 e. The van der Waals surface area contributed by atoms with E-state index in [1.54, 1.807) is 0 Å². The largest absolute Gasteiger partial charge is 0.302 e. The van der Waals surface area contributed by atoms with Gasteiger partial charge in [-0.1, -0.05) is 12.8 Å². The van der Waals surface area contributed by atoms with E-state index < -0.39 is 0 Å². The highest BCUT2D eigenvalue weighted by atomic mass is 15.2. The molecule has 4 rings (SSSR count). The van der Waals surface area contributed by atoms with Crippen LogP contribution in [-0.4, -0.2) is 34.1 Å². The van der Waals surface area contributed by atoms with Gasteiger partial charge in [-0.05, 0) is 44.5 Å². The van der Waals surface area contributed by atoms with E-state index in [1.165, 1.54) is 49.7 Å². The lowest BCUT2D eigenvalue weighted by molar-refractivity contribution is -0.647. The van der Waals surface area contributed by atoms with Crippen molar-refractivity contribution in [1.82, 2.24) is 14.5 Å². The van der Waals surface area contributed by atoms with Crippen LogP contribution in [0.3, 0.4) is 0 Å². The molecule has 1 saturated heterocycles. The summed E-state index contributed by atoms with van der Waals surface area (Å²) >= 11 is 0. The minimum absolute atomic E-state index is 0.344. The molecule has 0 unspecified atom stereocenters. The molecule has 2 aliphatic rings. The molecule has 0 N–H and O–H groups in total. The molecule has 2 aromatic heterocycles. The number of aromatic nitrogens is 3. The van der Waals surface area contributed by atoms with Crippen molar-refractivity contribution in [3.05, 3.63) is 24.2 Å². The Hall–Kier alpha value is -1.42. The third-order valence-electron chi connectivity index (χ3n) is 5.91. The van der Waals surface area contributed by atoms with Crippen LogP contribution in [0.15, 0.2) is 18.6 Å². The first kappa shape index (κ1) is 13.3. The summed E-state index contributed by atoms with van der Waals surface area (Å²) in [5.74, 6) is 0. The molecule has 4 heteroatoms. The van der Waals surface area contributed by atoms with Crippen LogP contribution in [0.25, 0.3) is 11.2 Å². The first-order valence-electron chi connectivity index (χ1n) is 8.13. The Labute approximate surface area is 126 Å². The third kappa shape index (κ3) is 1.78. The van der Waals surface area contributed by atoms with Crippen LogP contribution in [0.1, 0.15) is 37.7 Å². The fraction of sp³-hybridized carbons (Fsp3) is 0.647. The maximum absolute atomic E-state index is 4.78. The summed E-state index contributed by atoms with van der Waals surface area (Å²) in [4.78, 5) is 7.36. The Morgan fingerprint density at radius 2 is 2.14 bits per heavy atom. The quantitative estimate of drug-likeness (QED) is 0.748. The lowest BCUT2D eigenvalue weighted by atomic mass is 9.66. The molecule has 2 fully saturated rings. The van der Waals surface area contributed by atoms with Gasteiger partial charge in [0, 0.05) is 11.5 Å². The number of rotatable bonds is 1. The van der Waals surface area contributed by atoms with Crippen LogP contribution >= 0.6 is 0 Å². The Kier molecular flexibility index (Phi) is 2.86. The van der Waals surface area contributed by atoms with Crippen molar-refractivity contribution in [1.29, 1.82) is 0 Å². The highest BCUT2D eigenvalue weighted by Crippen LogP contribution is 2.48. The molecule has 0 radical (unpaired) electrons. The van der Waals surface area contributed by atoms with Crippen LogP contribution in [-0.2, 0) is 19.5 Å². The Balaban J connectivity index is 1.86. The number of fused-ring (bicyclic) bond motifs is 2. The van der Waals surface area contributed by atoms with Gasteiger partial charge < -0.3 is 4.90 Å². The lowest BCUT2D eigenvalue weighted by Gasteiger charge is -2.41. The molecule has 1 saturated carbocycles. The van der Waals surface area contributed by atoms with Gasteiger partial charge in [0.1, 0.15) is 6.20 Å². The van der Waals surface area contributed by atoms with Crippen LogP contribution < -0.4 is 4.57 Å². The second kappa shape index (κ2) is 4.54. The lowest BCUT2D eigenvalue weighted by Crippen LogP contribution is -2.43. The number of likely N-dealkylation sites (N-methyl/N-ethyl adjacent to an activating group) is 1. The molecule has 3 heterocycles. The van der Waals surface area contributed by atoms with E-state index >= 15 is 0 Å². The van der Waals surface area contributed by atoms with Crippen molar-refractivity contribution >= 4 is 11.2 Å². The van der Waals surface area contributed by atoms with E-state index in [9.17, 15) is 0 Å². The Morgan fingerprint density at radius 1 is 1.29 bits per heavy atom. The normalized spacial score (nSPS) is 30.0. The maximum atomic E-state index is 4.78. The summed E-state index contributed by atoms with van der Waals surface area (Å²) in [5.41, 5.74) is 4.14. The van der Waals surface area contributed by atoms with Gasteiger partial charge in [-0.3, -0.25) is 4.57 Å². The molecule has 0 bridgehead atoms. The van der Waals surface area contributed by atoms with Gasteiger partial charge in [0.2, 0.25) is 0 Å². The number of aryl methyl sites for hydroxylation is 2. The topological polar surface area (TPSA) is 24.9 Å². The SMILES string of the molecule is CN1CC[C@]2(c3cnc4c(c3)n(C)c[n+]4C)CCCC[C@H]12. The number of imidazole rings is 1. The van der Waals surface area contributed by atoms with Gasteiger partial charge in [0.25, 0.3) is 0 Å². The minimum atomic E-state index is 0.344. The highest BCUT2D eigenvalue weighted by Gasteiger charge is 2.48. The first-order chi connectivity index (χ1) is 10.1. The molecule has 0 aromatic carbocycles. The molecule has 4 nitrogen and oxygen atoms in total. The standard InChI is InChI=1S/C17H25N4/c1-19-9-8-17(7-5-4-6-15(17)19)13-10-14-16(18-11-13)21(3)12-20(14)2/h10-12,15H,4-9H2,1-3H3/q+1/t15-,17-/m0/s1. The van der Waals surface area contributed by atoms with Crippen LogP contribution in [0.4, 0.5) is 0 Å². The van der Waals surface area contributed by atoms with E-state index in [4.69, 9.17) is 4.98 Å². The monoisotopic (exact) mass is 285 g/mol. The van der Waals surface area contributed by atoms with Gasteiger partial charge in [-0.2, -0.15) is 0 Å². The summed E-state index contributed by atoms with van der Waals surface area (Å²) in [5, 5.41) is 0. The van der Waals surface area contributed by atoms with E-state index in [0.29, 0.717) is 11.5 Å². The van der Waals surface area contributed by atoms with E-state index in [2.05, 4.69) is 53.8 Å². The van der Waals surface area contributed by atoms with Crippen molar-refractivity contribution in [3.8, 4) is 0 Å². The summed E-state index contributed by atoms with van der Waals surface area (Å²) in [7, 11) is 6.48. The molecule has 2 atom stereocenters. The first-order valence-corrected chi connectivity index (χ1v) is 8.13.